The molecule has 3 aromatic rings. The first-order chi connectivity index (χ1) is 16.1. The van der Waals surface area contributed by atoms with Crippen LogP contribution in [0.2, 0.25) is 0 Å². The number of carbonyl (C=O) groups is 2. The fourth-order valence-corrected chi connectivity index (χ4v) is 3.77. The van der Waals surface area contributed by atoms with Gasteiger partial charge in [-0.25, -0.2) is 4.98 Å². The lowest BCUT2D eigenvalue weighted by molar-refractivity contribution is -0.274. The molecule has 174 valence electrons. The van der Waals surface area contributed by atoms with E-state index in [0.717, 1.165) is 12.1 Å². The Hall–Kier alpha value is -4.17. The zero-order valence-corrected chi connectivity index (χ0v) is 17.8. The summed E-state index contributed by atoms with van der Waals surface area (Å²) in [6.07, 6.45) is -3.41. The number of ether oxygens (including phenoxy) is 1. The molecule has 0 spiro atoms. The molecule has 4 rings (SSSR count). The number of likely N-dealkylation sites (N-methyl/N-ethyl adjacent to an activating group) is 1. The minimum Gasteiger partial charge on any atom is -0.406 e. The maximum Gasteiger partial charge on any atom is 0.573 e. The lowest BCUT2D eigenvalue weighted by Gasteiger charge is -2.24. The summed E-state index contributed by atoms with van der Waals surface area (Å²) in [4.78, 5) is 31.2. The van der Waals surface area contributed by atoms with E-state index < -0.39 is 23.9 Å². The van der Waals surface area contributed by atoms with Crippen molar-refractivity contribution >= 4 is 28.5 Å². The van der Waals surface area contributed by atoms with E-state index in [1.165, 1.54) is 22.8 Å². The lowest BCUT2D eigenvalue weighted by Crippen LogP contribution is -2.34. The Morgan fingerprint density at radius 2 is 1.94 bits per heavy atom. The smallest absolute Gasteiger partial charge is 0.406 e. The van der Waals surface area contributed by atoms with Crippen LogP contribution < -0.4 is 10.1 Å². The minimum atomic E-state index is -4.80. The van der Waals surface area contributed by atoms with Gasteiger partial charge in [0.05, 0.1) is 23.6 Å². The zero-order chi connectivity index (χ0) is 24.5. The highest BCUT2D eigenvalue weighted by molar-refractivity contribution is 6.00. The van der Waals surface area contributed by atoms with Gasteiger partial charge in [0, 0.05) is 18.3 Å². The van der Waals surface area contributed by atoms with Gasteiger partial charge in [-0.2, -0.15) is 5.26 Å². The first kappa shape index (κ1) is 23.0. The van der Waals surface area contributed by atoms with E-state index in [4.69, 9.17) is 0 Å². The Labute approximate surface area is 191 Å². The molecule has 1 aromatic heterocycles. The van der Waals surface area contributed by atoms with Crippen LogP contribution in [-0.4, -0.2) is 52.8 Å². The second-order valence-electron chi connectivity index (χ2n) is 7.71. The fourth-order valence-electron chi connectivity index (χ4n) is 3.77. The Balaban J connectivity index is 1.40. The number of fused-ring (bicyclic) bond motifs is 3. The number of hydrogen-bond acceptors (Lipinski definition) is 6. The average molecular weight is 469 g/mol. The lowest BCUT2D eigenvalue weighted by atomic mass is 9.95. The van der Waals surface area contributed by atoms with Crippen LogP contribution in [0.15, 0.2) is 60.2 Å². The fraction of sp³-hybridized carbons (Fsp3) is 0.217. The van der Waals surface area contributed by atoms with E-state index >= 15 is 0 Å². The molecule has 0 bridgehead atoms. The van der Waals surface area contributed by atoms with Crippen molar-refractivity contribution in [3.05, 3.63) is 66.0 Å². The van der Waals surface area contributed by atoms with Crippen molar-refractivity contribution in [2.45, 2.75) is 12.3 Å². The number of rotatable bonds is 6. The van der Waals surface area contributed by atoms with E-state index in [1.54, 1.807) is 36.2 Å². The Morgan fingerprint density at radius 1 is 1.24 bits per heavy atom. The summed E-state index contributed by atoms with van der Waals surface area (Å²) in [5, 5.41) is 12.4. The number of alkyl halides is 3. The molecule has 8 nitrogen and oxygen atoms in total. The number of aromatic nitrogens is 2. The van der Waals surface area contributed by atoms with Crippen LogP contribution in [0.25, 0.3) is 11.0 Å². The molecule has 0 aliphatic carbocycles. The number of nitrogens with zero attached hydrogens (tertiary/aromatic N) is 4. The molecule has 0 saturated carbocycles. The Kier molecular flexibility index (Phi) is 6.08. The van der Waals surface area contributed by atoms with Gasteiger partial charge in [0.2, 0.25) is 5.91 Å². The van der Waals surface area contributed by atoms with Crippen LogP contribution in [0.5, 0.6) is 5.75 Å². The molecule has 1 aliphatic heterocycles. The molecule has 0 saturated heterocycles. The number of nitriles is 1. The van der Waals surface area contributed by atoms with E-state index in [-0.39, 0.29) is 19.0 Å². The van der Waals surface area contributed by atoms with Gasteiger partial charge < -0.3 is 10.1 Å². The number of allylic oxidation sites excluding steroid dienone is 1. The van der Waals surface area contributed by atoms with Crippen molar-refractivity contribution < 1.29 is 27.5 Å². The van der Waals surface area contributed by atoms with Gasteiger partial charge in [0.1, 0.15) is 17.5 Å². The number of nitrogens with one attached hydrogen (secondary N) is 1. The number of benzene rings is 2. The Bertz CT molecular complexity index is 1320. The summed E-state index contributed by atoms with van der Waals surface area (Å²) in [6.45, 7) is 0.0832. The van der Waals surface area contributed by atoms with Gasteiger partial charge in [0.15, 0.2) is 0 Å². The molecule has 34 heavy (non-hydrogen) atoms. The second kappa shape index (κ2) is 8.99. The molecule has 1 atom stereocenters. The summed E-state index contributed by atoms with van der Waals surface area (Å²) in [5.41, 5.74) is 2.04. The van der Waals surface area contributed by atoms with Gasteiger partial charge in [-0.3, -0.25) is 19.1 Å². The summed E-state index contributed by atoms with van der Waals surface area (Å²) >= 11 is 0. The number of halogens is 3. The predicted molar refractivity (Wildman–Crippen MR) is 116 cm³/mol. The third kappa shape index (κ3) is 4.92. The van der Waals surface area contributed by atoms with Crippen molar-refractivity contribution in [3.63, 3.8) is 0 Å². The van der Waals surface area contributed by atoms with E-state index in [1.807, 2.05) is 0 Å². The number of amides is 1. The van der Waals surface area contributed by atoms with Gasteiger partial charge in [-0.05, 0) is 49.0 Å². The number of carbonyl (C=O) groups excluding carboxylic acids is 2. The standard InChI is InChI=1S/C23H18F3N5O3/c1-30(13-20(32)28-15-6-8-16(9-7-15)34-23(24,25)26)12-14-10-21(33)31-19-5-3-2-4-18(19)29-22(31)17(14)11-27/h2-10,17H,12-13H2,1H3,(H,28,32)/t17-/m0/s1. The largest absolute Gasteiger partial charge is 0.573 e. The topological polar surface area (TPSA) is 100 Å². The third-order valence-corrected chi connectivity index (χ3v) is 5.11. The van der Waals surface area contributed by atoms with Crippen LogP contribution in [0.3, 0.4) is 0 Å². The Morgan fingerprint density at radius 3 is 2.62 bits per heavy atom. The van der Waals surface area contributed by atoms with E-state index in [0.29, 0.717) is 28.1 Å². The molecule has 2 aromatic carbocycles. The number of imidazole rings is 1. The average Bonchev–Trinajstić information content (AvgIpc) is 3.14. The SMILES string of the molecule is CN(CC(=O)Nc1ccc(OC(F)(F)F)cc1)CC1=CC(=O)n2c(nc3ccccc32)[C@H]1C#N. The van der Waals surface area contributed by atoms with Gasteiger partial charge >= 0.3 is 6.36 Å². The van der Waals surface area contributed by atoms with Crippen molar-refractivity contribution in [1.29, 1.82) is 5.26 Å². The van der Waals surface area contributed by atoms with E-state index in [9.17, 15) is 28.0 Å². The van der Waals surface area contributed by atoms with Crippen molar-refractivity contribution in [1.82, 2.24) is 14.5 Å². The maximum absolute atomic E-state index is 12.8. The highest BCUT2D eigenvalue weighted by atomic mass is 19.4. The normalized spacial score (nSPS) is 15.6. The molecule has 1 N–H and O–H groups in total. The molecule has 1 aliphatic rings. The molecular formula is C23H18F3N5O3. The van der Waals surface area contributed by atoms with Crippen molar-refractivity contribution in [3.8, 4) is 11.8 Å². The molecular weight excluding hydrogens is 451 g/mol. The van der Waals surface area contributed by atoms with Crippen molar-refractivity contribution in [2.75, 3.05) is 25.5 Å². The van der Waals surface area contributed by atoms with Crippen LogP contribution >= 0.6 is 0 Å². The monoisotopic (exact) mass is 469 g/mol. The van der Waals surface area contributed by atoms with Crippen LogP contribution in [0.4, 0.5) is 18.9 Å². The first-order valence-corrected chi connectivity index (χ1v) is 10.1. The molecule has 11 heteroatoms. The van der Waals surface area contributed by atoms with Crippen molar-refractivity contribution in [2.24, 2.45) is 0 Å². The highest BCUT2D eigenvalue weighted by Gasteiger charge is 2.32. The van der Waals surface area contributed by atoms with Crippen LogP contribution in [-0.2, 0) is 4.79 Å². The molecule has 0 unspecified atom stereocenters. The molecule has 0 fully saturated rings. The summed E-state index contributed by atoms with van der Waals surface area (Å²) in [6, 6.07) is 14.1. The van der Waals surface area contributed by atoms with Gasteiger partial charge in [-0.1, -0.05) is 12.1 Å². The second-order valence-corrected chi connectivity index (χ2v) is 7.71. The molecule has 1 amide bonds. The van der Waals surface area contributed by atoms with E-state index in [2.05, 4.69) is 21.1 Å². The summed E-state index contributed by atoms with van der Waals surface area (Å²) in [5.74, 6) is -1.55. The summed E-state index contributed by atoms with van der Waals surface area (Å²) in [7, 11) is 1.65. The van der Waals surface area contributed by atoms with Crippen LogP contribution in [0, 0.1) is 11.3 Å². The summed E-state index contributed by atoms with van der Waals surface area (Å²) < 4.78 is 42.0. The number of anilines is 1. The molecule has 2 heterocycles. The predicted octanol–water partition coefficient (Wildman–Crippen LogP) is 3.69. The highest BCUT2D eigenvalue weighted by Crippen LogP contribution is 2.31. The third-order valence-electron chi connectivity index (χ3n) is 5.11. The molecule has 0 radical (unpaired) electrons. The quantitative estimate of drug-likeness (QED) is 0.591. The number of para-hydroxylation sites is 2. The maximum atomic E-state index is 12.8. The first-order valence-electron chi connectivity index (χ1n) is 10.1. The van der Waals surface area contributed by atoms with Crippen LogP contribution in [0.1, 0.15) is 16.5 Å². The van der Waals surface area contributed by atoms with Gasteiger partial charge in [0.25, 0.3) is 5.91 Å². The zero-order valence-electron chi connectivity index (χ0n) is 17.8. The number of hydrogen-bond donors (Lipinski definition) is 1. The van der Waals surface area contributed by atoms with Gasteiger partial charge in [-0.15, -0.1) is 13.2 Å². The minimum absolute atomic E-state index is 0.0824.